The molecule has 19 heavy (non-hydrogen) atoms. The second kappa shape index (κ2) is 5.29. The Morgan fingerprint density at radius 3 is 2.26 bits per heavy atom. The number of hydrogen-bond donors (Lipinski definition) is 2. The van der Waals surface area contributed by atoms with E-state index in [1.807, 2.05) is 38.1 Å². The highest BCUT2D eigenvalue weighted by Crippen LogP contribution is 2.41. The number of fused-ring (bicyclic) bond motifs is 1. The van der Waals surface area contributed by atoms with Gasteiger partial charge in [-0.3, -0.25) is 0 Å². The maximum atomic E-state index is 10.3. The Bertz CT molecular complexity index is 609. The van der Waals surface area contributed by atoms with Crippen LogP contribution in [0.5, 0.6) is 11.6 Å². The SMILES string of the molecule is CC(C)Sc1c(O)c(O)[n+](C(C)C)c2ccccc12. The van der Waals surface area contributed by atoms with Crippen molar-refractivity contribution in [2.24, 2.45) is 0 Å². The van der Waals surface area contributed by atoms with Crippen molar-refractivity contribution in [1.82, 2.24) is 0 Å². The first-order valence-corrected chi connectivity index (χ1v) is 7.36. The van der Waals surface area contributed by atoms with E-state index in [2.05, 4.69) is 13.8 Å². The fraction of sp³-hybridized carbons (Fsp3) is 0.400. The number of aromatic nitrogens is 1. The lowest BCUT2D eigenvalue weighted by Crippen LogP contribution is -2.37. The molecule has 2 aromatic rings. The molecule has 2 N–H and O–H groups in total. The lowest BCUT2D eigenvalue weighted by Gasteiger charge is -2.13. The number of pyridine rings is 1. The number of benzene rings is 1. The Kier molecular flexibility index (Phi) is 3.90. The average molecular weight is 278 g/mol. The Balaban J connectivity index is 2.84. The van der Waals surface area contributed by atoms with Gasteiger partial charge >= 0.3 is 5.88 Å². The van der Waals surface area contributed by atoms with Crippen LogP contribution in [-0.2, 0) is 0 Å². The van der Waals surface area contributed by atoms with Crippen LogP contribution in [-0.4, -0.2) is 15.5 Å². The van der Waals surface area contributed by atoms with E-state index in [4.69, 9.17) is 0 Å². The molecule has 0 aliphatic rings. The predicted molar refractivity (Wildman–Crippen MR) is 78.9 cm³/mol. The van der Waals surface area contributed by atoms with Gasteiger partial charge in [0.15, 0.2) is 6.04 Å². The average Bonchev–Trinajstić information content (AvgIpc) is 2.34. The summed E-state index contributed by atoms with van der Waals surface area (Å²) in [4.78, 5) is 0.750. The summed E-state index contributed by atoms with van der Waals surface area (Å²) in [5.74, 6) is -0.0806. The van der Waals surface area contributed by atoms with Crippen molar-refractivity contribution in [3.05, 3.63) is 24.3 Å². The van der Waals surface area contributed by atoms with Gasteiger partial charge in [-0.15, -0.1) is 11.8 Å². The van der Waals surface area contributed by atoms with E-state index >= 15 is 0 Å². The van der Waals surface area contributed by atoms with Gasteiger partial charge in [-0.05, 0) is 19.9 Å². The zero-order valence-electron chi connectivity index (χ0n) is 11.7. The summed E-state index contributed by atoms with van der Waals surface area (Å²) in [5.41, 5.74) is 0.941. The van der Waals surface area contributed by atoms with Crippen LogP contribution >= 0.6 is 11.8 Å². The molecule has 0 spiro atoms. The van der Waals surface area contributed by atoms with Crippen molar-refractivity contribution in [3.63, 3.8) is 0 Å². The Labute approximate surface area is 117 Å². The molecule has 0 fully saturated rings. The Morgan fingerprint density at radius 2 is 1.68 bits per heavy atom. The van der Waals surface area contributed by atoms with Gasteiger partial charge in [0.25, 0.3) is 0 Å². The zero-order chi connectivity index (χ0) is 14.2. The third kappa shape index (κ3) is 2.50. The molecule has 1 heterocycles. The third-order valence-electron chi connectivity index (χ3n) is 2.93. The highest BCUT2D eigenvalue weighted by molar-refractivity contribution is 8.00. The second-order valence-corrected chi connectivity index (χ2v) is 6.74. The summed E-state index contributed by atoms with van der Waals surface area (Å²) >= 11 is 1.57. The van der Waals surface area contributed by atoms with Crippen LogP contribution < -0.4 is 4.57 Å². The van der Waals surface area contributed by atoms with E-state index in [9.17, 15) is 10.2 Å². The van der Waals surface area contributed by atoms with Crippen LogP contribution in [0.4, 0.5) is 0 Å². The first-order chi connectivity index (χ1) is 8.93. The monoisotopic (exact) mass is 278 g/mol. The van der Waals surface area contributed by atoms with E-state index in [0.29, 0.717) is 5.25 Å². The third-order valence-corrected chi connectivity index (χ3v) is 4.05. The van der Waals surface area contributed by atoms with E-state index in [-0.39, 0.29) is 17.7 Å². The van der Waals surface area contributed by atoms with Crippen molar-refractivity contribution in [2.75, 3.05) is 0 Å². The summed E-state index contributed by atoms with van der Waals surface area (Å²) in [6.45, 7) is 8.11. The molecule has 1 aromatic heterocycles. The molecule has 0 atom stereocenters. The van der Waals surface area contributed by atoms with Gasteiger partial charge in [0, 0.05) is 11.3 Å². The Morgan fingerprint density at radius 1 is 1.05 bits per heavy atom. The molecule has 102 valence electrons. The minimum absolute atomic E-state index is 0.0221. The molecule has 0 unspecified atom stereocenters. The normalized spacial score (nSPS) is 11.7. The minimum atomic E-state index is -0.0585. The van der Waals surface area contributed by atoms with Crippen LogP contribution in [0.2, 0.25) is 0 Å². The van der Waals surface area contributed by atoms with Gasteiger partial charge in [0.1, 0.15) is 0 Å². The Hall–Kier alpha value is -1.42. The van der Waals surface area contributed by atoms with Crippen molar-refractivity contribution in [3.8, 4) is 11.6 Å². The van der Waals surface area contributed by atoms with Crippen LogP contribution in [0.15, 0.2) is 29.2 Å². The summed E-state index contributed by atoms with van der Waals surface area (Å²) in [5, 5.41) is 21.9. The summed E-state index contributed by atoms with van der Waals surface area (Å²) < 4.78 is 1.76. The molecule has 2 rings (SSSR count). The van der Waals surface area contributed by atoms with Gasteiger partial charge in [-0.25, -0.2) is 0 Å². The smallest absolute Gasteiger partial charge is 0.410 e. The number of rotatable bonds is 3. The first kappa shape index (κ1) is 14.0. The van der Waals surface area contributed by atoms with E-state index in [1.54, 1.807) is 16.3 Å². The van der Waals surface area contributed by atoms with Gasteiger partial charge < -0.3 is 10.2 Å². The van der Waals surface area contributed by atoms with Crippen molar-refractivity contribution < 1.29 is 14.8 Å². The number of para-hydroxylation sites is 1. The molecule has 0 saturated carbocycles. The first-order valence-electron chi connectivity index (χ1n) is 6.48. The van der Waals surface area contributed by atoms with Gasteiger partial charge in [-0.1, -0.05) is 26.0 Å². The van der Waals surface area contributed by atoms with Crippen LogP contribution in [0.3, 0.4) is 0 Å². The molecular formula is C15H20NO2S+. The van der Waals surface area contributed by atoms with E-state index in [0.717, 1.165) is 15.8 Å². The van der Waals surface area contributed by atoms with Gasteiger partial charge in [-0.2, -0.15) is 4.57 Å². The van der Waals surface area contributed by atoms with Crippen molar-refractivity contribution in [1.29, 1.82) is 0 Å². The van der Waals surface area contributed by atoms with Crippen LogP contribution in [0.25, 0.3) is 10.9 Å². The van der Waals surface area contributed by atoms with Gasteiger partial charge in [0.05, 0.1) is 10.3 Å². The maximum absolute atomic E-state index is 10.3. The second-order valence-electron chi connectivity index (χ2n) is 5.15. The summed E-state index contributed by atoms with van der Waals surface area (Å²) in [7, 11) is 0. The number of nitrogens with zero attached hydrogens (tertiary/aromatic N) is 1. The maximum Gasteiger partial charge on any atom is 0.410 e. The molecule has 1 aromatic carbocycles. The van der Waals surface area contributed by atoms with Gasteiger partial charge in [0.2, 0.25) is 11.3 Å². The molecule has 0 bridgehead atoms. The quantitative estimate of drug-likeness (QED) is 0.666. The van der Waals surface area contributed by atoms with Crippen LogP contribution in [0, 0.1) is 0 Å². The van der Waals surface area contributed by atoms with E-state index in [1.165, 1.54) is 0 Å². The molecule has 0 amide bonds. The minimum Gasteiger partial charge on any atom is -0.499 e. The van der Waals surface area contributed by atoms with Crippen molar-refractivity contribution >= 4 is 22.7 Å². The standard InChI is InChI=1S/C15H19NO2S/c1-9(2)16-12-8-6-5-7-11(12)14(19-10(3)4)13(17)15(16)18/h5-10,17H,1-4H3/p+1. The largest absolute Gasteiger partial charge is 0.499 e. The fourth-order valence-corrected chi connectivity index (χ4v) is 3.18. The molecular weight excluding hydrogens is 258 g/mol. The molecule has 0 radical (unpaired) electrons. The molecule has 4 heteroatoms. The van der Waals surface area contributed by atoms with Crippen molar-refractivity contribution in [2.45, 2.75) is 43.9 Å². The van der Waals surface area contributed by atoms with Crippen LogP contribution in [0.1, 0.15) is 33.7 Å². The lowest BCUT2D eigenvalue weighted by molar-refractivity contribution is -0.697. The highest BCUT2D eigenvalue weighted by atomic mass is 32.2. The number of hydrogen-bond acceptors (Lipinski definition) is 3. The topological polar surface area (TPSA) is 44.3 Å². The molecule has 0 aliphatic carbocycles. The lowest BCUT2D eigenvalue weighted by atomic mass is 10.2. The highest BCUT2D eigenvalue weighted by Gasteiger charge is 2.27. The predicted octanol–water partition coefficient (Wildman–Crippen LogP) is 3.62. The number of thioether (sulfide) groups is 1. The fourth-order valence-electron chi connectivity index (χ4n) is 2.21. The summed E-state index contributed by atoms with van der Waals surface area (Å²) in [6, 6.07) is 7.93. The summed E-state index contributed by atoms with van der Waals surface area (Å²) in [6.07, 6.45) is 0. The number of aromatic hydroxyl groups is 2. The molecule has 3 nitrogen and oxygen atoms in total. The van der Waals surface area contributed by atoms with E-state index < -0.39 is 0 Å². The zero-order valence-corrected chi connectivity index (χ0v) is 12.5. The molecule has 0 saturated heterocycles. The molecule has 0 aliphatic heterocycles.